The Morgan fingerprint density at radius 1 is 1.29 bits per heavy atom. The van der Waals surface area contributed by atoms with E-state index < -0.39 is 0 Å². The third-order valence-electron chi connectivity index (χ3n) is 3.40. The first-order valence-corrected chi connectivity index (χ1v) is 8.45. The van der Waals surface area contributed by atoms with Gasteiger partial charge in [-0.25, -0.2) is 0 Å². The first kappa shape index (κ1) is 16.3. The van der Waals surface area contributed by atoms with Crippen molar-refractivity contribution < 1.29 is 9.21 Å². The second kappa shape index (κ2) is 7.79. The summed E-state index contributed by atoms with van der Waals surface area (Å²) in [5.41, 5.74) is 1.56. The van der Waals surface area contributed by atoms with Gasteiger partial charge in [-0.2, -0.15) is 5.10 Å². The lowest BCUT2D eigenvalue weighted by molar-refractivity contribution is -0.115. The molecule has 2 aromatic rings. The predicted octanol–water partition coefficient (Wildman–Crippen LogP) is 4.10. The summed E-state index contributed by atoms with van der Waals surface area (Å²) >= 11 is 1.42. The molecule has 0 bridgehead atoms. The van der Waals surface area contributed by atoms with Crippen molar-refractivity contribution in [2.24, 2.45) is 10.2 Å². The lowest BCUT2D eigenvalue weighted by Crippen LogP contribution is -2.26. The van der Waals surface area contributed by atoms with Crippen LogP contribution in [-0.2, 0) is 4.79 Å². The Labute approximate surface area is 144 Å². The van der Waals surface area contributed by atoms with Crippen LogP contribution in [0.1, 0.15) is 18.6 Å². The van der Waals surface area contributed by atoms with Crippen LogP contribution >= 0.6 is 11.8 Å². The number of hydrogen-bond acceptors (Lipinski definition) is 5. The van der Waals surface area contributed by atoms with Crippen LogP contribution in [0.3, 0.4) is 0 Å². The minimum absolute atomic E-state index is 0.0692. The quantitative estimate of drug-likeness (QED) is 0.806. The monoisotopic (exact) mass is 339 g/mol. The van der Waals surface area contributed by atoms with E-state index in [9.17, 15) is 4.79 Å². The zero-order valence-electron chi connectivity index (χ0n) is 13.0. The van der Waals surface area contributed by atoms with Crippen LogP contribution in [0.15, 0.2) is 76.0 Å². The van der Waals surface area contributed by atoms with E-state index in [1.54, 1.807) is 12.3 Å². The van der Waals surface area contributed by atoms with Gasteiger partial charge in [-0.1, -0.05) is 36.0 Å². The number of furan rings is 1. The van der Waals surface area contributed by atoms with E-state index in [4.69, 9.17) is 4.42 Å². The molecule has 1 aromatic heterocycles. The number of anilines is 1. The van der Waals surface area contributed by atoms with Crippen molar-refractivity contribution in [1.29, 1.82) is 0 Å². The molecule has 122 valence electrons. The van der Waals surface area contributed by atoms with Crippen molar-refractivity contribution in [3.05, 3.63) is 67.1 Å². The van der Waals surface area contributed by atoms with Crippen LogP contribution in [0.5, 0.6) is 0 Å². The van der Waals surface area contributed by atoms with Gasteiger partial charge in [-0.3, -0.25) is 4.79 Å². The number of thioether (sulfide) groups is 1. The SMILES string of the molecule is C=CCC(SC1=NN=C(c2ccco2)C1)C(=O)Nc1ccccc1. The average molecular weight is 339 g/mol. The van der Waals surface area contributed by atoms with E-state index in [-0.39, 0.29) is 11.2 Å². The fourth-order valence-corrected chi connectivity index (χ4v) is 3.28. The summed E-state index contributed by atoms with van der Waals surface area (Å²) in [4.78, 5) is 12.5. The molecule has 1 amide bonds. The van der Waals surface area contributed by atoms with Gasteiger partial charge in [0.15, 0.2) is 0 Å². The van der Waals surface area contributed by atoms with Gasteiger partial charge < -0.3 is 9.73 Å². The first-order valence-electron chi connectivity index (χ1n) is 7.57. The molecule has 0 saturated heterocycles. The molecule has 0 radical (unpaired) electrons. The Hall–Kier alpha value is -2.60. The maximum atomic E-state index is 12.5. The summed E-state index contributed by atoms with van der Waals surface area (Å²) in [5.74, 6) is 0.642. The van der Waals surface area contributed by atoms with Gasteiger partial charge in [-0.15, -0.1) is 11.7 Å². The average Bonchev–Trinajstić information content (AvgIpc) is 3.26. The molecule has 3 rings (SSSR count). The van der Waals surface area contributed by atoms with Crippen LogP contribution in [0.4, 0.5) is 5.69 Å². The van der Waals surface area contributed by atoms with Crippen LogP contribution < -0.4 is 5.32 Å². The summed E-state index contributed by atoms with van der Waals surface area (Å²) in [6.45, 7) is 3.74. The molecular weight excluding hydrogens is 322 g/mol. The Morgan fingerprint density at radius 3 is 2.83 bits per heavy atom. The zero-order valence-corrected chi connectivity index (χ0v) is 13.8. The normalized spacial score (nSPS) is 14.7. The fraction of sp³-hybridized carbons (Fsp3) is 0.167. The van der Waals surface area contributed by atoms with Crippen LogP contribution in [0.2, 0.25) is 0 Å². The molecule has 1 aromatic carbocycles. The third kappa shape index (κ3) is 4.02. The highest BCUT2D eigenvalue weighted by molar-refractivity contribution is 8.15. The smallest absolute Gasteiger partial charge is 0.238 e. The second-order valence-electron chi connectivity index (χ2n) is 5.18. The summed E-state index contributed by atoms with van der Waals surface area (Å²) in [5, 5.41) is 11.8. The third-order valence-corrected chi connectivity index (χ3v) is 4.59. The highest BCUT2D eigenvalue weighted by atomic mass is 32.2. The molecular formula is C18H17N3O2S. The van der Waals surface area contributed by atoms with E-state index in [0.717, 1.165) is 16.4 Å². The molecule has 6 heteroatoms. The lowest BCUT2D eigenvalue weighted by Gasteiger charge is -2.14. The summed E-state index contributed by atoms with van der Waals surface area (Å²) in [6.07, 6.45) is 4.48. The molecule has 1 aliphatic rings. The van der Waals surface area contributed by atoms with Crippen LogP contribution in [0.25, 0.3) is 0 Å². The van der Waals surface area contributed by atoms with Gasteiger partial charge in [0.1, 0.15) is 16.5 Å². The standard InChI is InChI=1S/C18H17N3O2S/c1-2-7-16(18(22)19-13-8-4-3-5-9-13)24-17-12-14(20-21-17)15-10-6-11-23-15/h2-6,8-11,16H,1,7,12H2,(H,19,22). The maximum Gasteiger partial charge on any atom is 0.238 e. The van der Waals surface area contributed by atoms with E-state index in [1.165, 1.54) is 11.8 Å². The zero-order chi connectivity index (χ0) is 16.8. The molecule has 1 N–H and O–H groups in total. The van der Waals surface area contributed by atoms with Gasteiger partial charge in [0.25, 0.3) is 0 Å². The molecule has 2 heterocycles. The van der Waals surface area contributed by atoms with Crippen molar-refractivity contribution in [3.63, 3.8) is 0 Å². The van der Waals surface area contributed by atoms with Crippen LogP contribution in [-0.4, -0.2) is 21.9 Å². The Morgan fingerprint density at radius 2 is 2.12 bits per heavy atom. The highest BCUT2D eigenvalue weighted by Crippen LogP contribution is 2.25. The molecule has 1 aliphatic heterocycles. The number of nitrogens with one attached hydrogen (secondary N) is 1. The number of nitrogens with zero attached hydrogens (tertiary/aromatic N) is 2. The number of rotatable bonds is 6. The van der Waals surface area contributed by atoms with Gasteiger partial charge in [0.2, 0.25) is 5.91 Å². The van der Waals surface area contributed by atoms with Crippen molar-refractivity contribution in [2.45, 2.75) is 18.1 Å². The van der Waals surface area contributed by atoms with E-state index in [1.807, 2.05) is 42.5 Å². The van der Waals surface area contributed by atoms with Gasteiger partial charge in [0.05, 0.1) is 11.5 Å². The van der Waals surface area contributed by atoms with Gasteiger partial charge in [0, 0.05) is 12.1 Å². The van der Waals surface area contributed by atoms with E-state index in [2.05, 4.69) is 22.1 Å². The number of para-hydroxylation sites is 1. The Kier molecular flexibility index (Phi) is 5.28. The first-order chi connectivity index (χ1) is 11.8. The van der Waals surface area contributed by atoms with Crippen LogP contribution in [0, 0.1) is 0 Å². The van der Waals surface area contributed by atoms with Crippen molar-refractivity contribution in [2.75, 3.05) is 5.32 Å². The Balaban J connectivity index is 1.60. The maximum absolute atomic E-state index is 12.5. The summed E-state index contributed by atoms with van der Waals surface area (Å²) in [7, 11) is 0. The minimum atomic E-state index is -0.299. The van der Waals surface area contributed by atoms with Crippen molar-refractivity contribution in [3.8, 4) is 0 Å². The predicted molar refractivity (Wildman–Crippen MR) is 98.6 cm³/mol. The molecule has 5 nitrogen and oxygen atoms in total. The highest BCUT2D eigenvalue weighted by Gasteiger charge is 2.24. The molecule has 0 aliphatic carbocycles. The molecule has 0 spiro atoms. The second-order valence-corrected chi connectivity index (χ2v) is 6.46. The summed E-state index contributed by atoms with van der Waals surface area (Å²) < 4.78 is 5.34. The Bertz CT molecular complexity index is 767. The number of carbonyl (C=O) groups excluding carboxylic acids is 1. The number of allylic oxidation sites excluding steroid dienone is 1. The number of amides is 1. The summed E-state index contributed by atoms with van der Waals surface area (Å²) in [6, 6.07) is 13.1. The topological polar surface area (TPSA) is 67.0 Å². The number of benzene rings is 1. The number of carbonyl (C=O) groups is 1. The molecule has 24 heavy (non-hydrogen) atoms. The van der Waals surface area contributed by atoms with Gasteiger partial charge >= 0.3 is 0 Å². The lowest BCUT2D eigenvalue weighted by atomic mass is 10.2. The van der Waals surface area contributed by atoms with Crippen molar-refractivity contribution in [1.82, 2.24) is 0 Å². The van der Waals surface area contributed by atoms with E-state index in [0.29, 0.717) is 18.6 Å². The van der Waals surface area contributed by atoms with Gasteiger partial charge in [-0.05, 0) is 30.7 Å². The van der Waals surface area contributed by atoms with E-state index >= 15 is 0 Å². The largest absolute Gasteiger partial charge is 0.463 e. The minimum Gasteiger partial charge on any atom is -0.463 e. The molecule has 1 unspecified atom stereocenters. The molecule has 0 fully saturated rings. The molecule has 1 atom stereocenters. The number of hydrogen-bond donors (Lipinski definition) is 1. The van der Waals surface area contributed by atoms with Crippen molar-refractivity contribution >= 4 is 34.1 Å². The molecule has 0 saturated carbocycles. The fourth-order valence-electron chi connectivity index (χ4n) is 2.24.